The van der Waals surface area contributed by atoms with Gasteiger partial charge in [-0.15, -0.1) is 0 Å². The SMILES string of the molecule is COc1cc(Cl)ccc1C(=O)NNC(=O)c1cc(C)oc1C. The Bertz CT molecular complexity index is 724. The lowest BCUT2D eigenvalue weighted by atomic mass is 10.2. The van der Waals surface area contributed by atoms with E-state index in [0.717, 1.165) is 0 Å². The molecule has 2 rings (SSSR count). The number of rotatable bonds is 3. The lowest BCUT2D eigenvalue weighted by Crippen LogP contribution is -2.41. The third-order valence-electron chi connectivity index (χ3n) is 2.98. The fourth-order valence-corrected chi connectivity index (χ4v) is 2.12. The molecule has 0 saturated carbocycles. The van der Waals surface area contributed by atoms with Gasteiger partial charge in [0.15, 0.2) is 0 Å². The van der Waals surface area contributed by atoms with E-state index >= 15 is 0 Å². The van der Waals surface area contributed by atoms with Crippen molar-refractivity contribution in [3.05, 3.63) is 51.9 Å². The van der Waals surface area contributed by atoms with Crippen molar-refractivity contribution in [2.24, 2.45) is 0 Å². The summed E-state index contributed by atoms with van der Waals surface area (Å²) in [5.41, 5.74) is 5.27. The summed E-state index contributed by atoms with van der Waals surface area (Å²) in [7, 11) is 1.43. The molecule has 7 heteroatoms. The normalized spacial score (nSPS) is 10.2. The zero-order chi connectivity index (χ0) is 16.3. The first-order valence-electron chi connectivity index (χ1n) is 6.43. The summed E-state index contributed by atoms with van der Waals surface area (Å²) in [5.74, 6) is 0.437. The second-order valence-electron chi connectivity index (χ2n) is 4.58. The molecule has 1 heterocycles. The summed E-state index contributed by atoms with van der Waals surface area (Å²) < 4.78 is 10.4. The van der Waals surface area contributed by atoms with Gasteiger partial charge in [0, 0.05) is 5.02 Å². The van der Waals surface area contributed by atoms with E-state index in [1.165, 1.54) is 19.2 Å². The van der Waals surface area contributed by atoms with E-state index in [4.69, 9.17) is 20.8 Å². The highest BCUT2D eigenvalue weighted by Gasteiger charge is 2.16. The molecule has 0 aliphatic heterocycles. The number of benzene rings is 1. The van der Waals surface area contributed by atoms with Crippen molar-refractivity contribution >= 4 is 23.4 Å². The molecular weight excluding hydrogens is 308 g/mol. The number of carbonyl (C=O) groups excluding carboxylic acids is 2. The third kappa shape index (κ3) is 3.40. The maximum absolute atomic E-state index is 12.1. The maximum Gasteiger partial charge on any atom is 0.273 e. The highest BCUT2D eigenvalue weighted by atomic mass is 35.5. The standard InChI is InChI=1S/C15H15ClN2O4/c1-8-6-12(9(2)22-8)15(20)18-17-14(19)11-5-4-10(16)7-13(11)21-3/h4-7H,1-3H3,(H,17,19)(H,18,20). The van der Waals surface area contributed by atoms with Crippen molar-refractivity contribution in [1.29, 1.82) is 0 Å². The van der Waals surface area contributed by atoms with Crippen LogP contribution in [0.1, 0.15) is 32.2 Å². The van der Waals surface area contributed by atoms with Gasteiger partial charge in [0.25, 0.3) is 11.8 Å². The van der Waals surface area contributed by atoms with Crippen molar-refractivity contribution in [3.8, 4) is 5.75 Å². The number of furan rings is 1. The largest absolute Gasteiger partial charge is 0.496 e. The second-order valence-corrected chi connectivity index (χ2v) is 5.02. The number of nitrogens with one attached hydrogen (secondary N) is 2. The smallest absolute Gasteiger partial charge is 0.273 e. The fraction of sp³-hybridized carbons (Fsp3) is 0.200. The molecule has 0 unspecified atom stereocenters. The Balaban J connectivity index is 2.07. The third-order valence-corrected chi connectivity index (χ3v) is 3.22. The van der Waals surface area contributed by atoms with Crippen molar-refractivity contribution in [2.75, 3.05) is 7.11 Å². The van der Waals surface area contributed by atoms with Crippen LogP contribution in [0.4, 0.5) is 0 Å². The molecule has 0 atom stereocenters. The molecule has 0 aliphatic rings. The number of amides is 2. The molecule has 0 saturated heterocycles. The Labute approximate surface area is 132 Å². The quantitative estimate of drug-likeness (QED) is 0.851. The average molecular weight is 323 g/mol. The van der Waals surface area contributed by atoms with Gasteiger partial charge in [-0.2, -0.15) is 0 Å². The van der Waals surface area contributed by atoms with Gasteiger partial charge in [-0.3, -0.25) is 20.4 Å². The Morgan fingerprint density at radius 3 is 2.27 bits per heavy atom. The van der Waals surface area contributed by atoms with Crippen molar-refractivity contribution in [1.82, 2.24) is 10.9 Å². The maximum atomic E-state index is 12.1. The predicted molar refractivity (Wildman–Crippen MR) is 81.1 cm³/mol. The molecular formula is C15H15ClN2O4. The van der Waals surface area contributed by atoms with Gasteiger partial charge >= 0.3 is 0 Å². The monoisotopic (exact) mass is 322 g/mol. The van der Waals surface area contributed by atoms with E-state index < -0.39 is 11.8 Å². The first-order chi connectivity index (χ1) is 10.4. The first kappa shape index (κ1) is 15.9. The second kappa shape index (κ2) is 6.53. The summed E-state index contributed by atoms with van der Waals surface area (Å²) in [6.07, 6.45) is 0. The summed E-state index contributed by atoms with van der Waals surface area (Å²) in [4.78, 5) is 24.1. The minimum Gasteiger partial charge on any atom is -0.496 e. The summed E-state index contributed by atoms with van der Waals surface area (Å²) >= 11 is 5.84. The van der Waals surface area contributed by atoms with Gasteiger partial charge in [-0.1, -0.05) is 11.6 Å². The summed E-state index contributed by atoms with van der Waals surface area (Å²) in [6, 6.07) is 6.18. The minimum atomic E-state index is -0.514. The van der Waals surface area contributed by atoms with Crippen LogP contribution in [0.25, 0.3) is 0 Å². The number of hydrazine groups is 1. The van der Waals surface area contributed by atoms with E-state index in [1.807, 2.05) is 0 Å². The van der Waals surface area contributed by atoms with E-state index in [9.17, 15) is 9.59 Å². The van der Waals surface area contributed by atoms with Gasteiger partial charge < -0.3 is 9.15 Å². The molecule has 2 aromatic rings. The van der Waals surface area contributed by atoms with Crippen LogP contribution >= 0.6 is 11.6 Å². The number of ether oxygens (including phenoxy) is 1. The van der Waals surface area contributed by atoms with Crippen molar-refractivity contribution < 1.29 is 18.7 Å². The van der Waals surface area contributed by atoms with Gasteiger partial charge in [0.1, 0.15) is 17.3 Å². The molecule has 0 fully saturated rings. The van der Waals surface area contributed by atoms with Gasteiger partial charge in [-0.05, 0) is 38.1 Å². The van der Waals surface area contributed by atoms with Gasteiger partial charge in [-0.25, -0.2) is 0 Å². The van der Waals surface area contributed by atoms with Crippen LogP contribution in [-0.2, 0) is 0 Å². The molecule has 0 bridgehead atoms. The molecule has 0 radical (unpaired) electrons. The number of hydrogen-bond acceptors (Lipinski definition) is 4. The summed E-state index contributed by atoms with van der Waals surface area (Å²) in [6.45, 7) is 3.41. The van der Waals surface area contributed by atoms with Crippen LogP contribution in [0.2, 0.25) is 5.02 Å². The molecule has 6 nitrogen and oxygen atoms in total. The number of aryl methyl sites for hydroxylation is 2. The molecule has 2 amide bonds. The zero-order valence-corrected chi connectivity index (χ0v) is 13.1. The highest BCUT2D eigenvalue weighted by molar-refractivity contribution is 6.30. The van der Waals surface area contributed by atoms with Crippen LogP contribution in [0, 0.1) is 13.8 Å². The van der Waals surface area contributed by atoms with Crippen LogP contribution in [0.3, 0.4) is 0 Å². The van der Waals surface area contributed by atoms with Crippen LogP contribution in [-0.4, -0.2) is 18.9 Å². The Hall–Kier alpha value is -2.47. The Kier molecular flexibility index (Phi) is 4.72. The van der Waals surface area contributed by atoms with E-state index in [-0.39, 0.29) is 5.56 Å². The molecule has 116 valence electrons. The number of hydrogen-bond donors (Lipinski definition) is 2. The van der Waals surface area contributed by atoms with Gasteiger partial charge in [0.05, 0.1) is 18.2 Å². The fourth-order valence-electron chi connectivity index (χ4n) is 1.96. The average Bonchev–Trinajstić information content (AvgIpc) is 2.83. The minimum absolute atomic E-state index is 0.257. The number of carbonyl (C=O) groups is 2. The lowest BCUT2D eigenvalue weighted by molar-refractivity contribution is 0.0844. The van der Waals surface area contributed by atoms with Crippen LogP contribution in [0.5, 0.6) is 5.75 Å². The molecule has 1 aromatic carbocycles. The molecule has 0 aliphatic carbocycles. The predicted octanol–water partition coefficient (Wildman–Crippen LogP) is 2.63. The number of halogens is 1. The lowest BCUT2D eigenvalue weighted by Gasteiger charge is -2.10. The molecule has 0 spiro atoms. The first-order valence-corrected chi connectivity index (χ1v) is 6.81. The van der Waals surface area contributed by atoms with Crippen LogP contribution < -0.4 is 15.6 Å². The molecule has 22 heavy (non-hydrogen) atoms. The zero-order valence-electron chi connectivity index (χ0n) is 12.3. The highest BCUT2D eigenvalue weighted by Crippen LogP contribution is 2.22. The Morgan fingerprint density at radius 1 is 1.09 bits per heavy atom. The van der Waals surface area contributed by atoms with Crippen molar-refractivity contribution in [2.45, 2.75) is 13.8 Å². The molecule has 2 N–H and O–H groups in total. The van der Waals surface area contributed by atoms with Gasteiger partial charge in [0.2, 0.25) is 0 Å². The Morgan fingerprint density at radius 2 is 1.73 bits per heavy atom. The van der Waals surface area contributed by atoms with E-state index in [2.05, 4.69) is 10.9 Å². The topological polar surface area (TPSA) is 80.6 Å². The van der Waals surface area contributed by atoms with E-state index in [0.29, 0.717) is 27.9 Å². The van der Waals surface area contributed by atoms with Crippen LogP contribution in [0.15, 0.2) is 28.7 Å². The molecule has 1 aromatic heterocycles. The van der Waals surface area contributed by atoms with E-state index in [1.54, 1.807) is 26.0 Å². The van der Waals surface area contributed by atoms with Crippen molar-refractivity contribution in [3.63, 3.8) is 0 Å². The number of methoxy groups -OCH3 is 1. The summed E-state index contributed by atoms with van der Waals surface area (Å²) in [5, 5.41) is 0.446.